The summed E-state index contributed by atoms with van der Waals surface area (Å²) in [6.07, 6.45) is 18.6. The summed E-state index contributed by atoms with van der Waals surface area (Å²) in [5.41, 5.74) is 0. The van der Waals surface area contributed by atoms with Crippen molar-refractivity contribution in [2.45, 2.75) is 71.1 Å². The van der Waals surface area contributed by atoms with Crippen molar-refractivity contribution in [3.63, 3.8) is 0 Å². The van der Waals surface area contributed by atoms with E-state index in [0.29, 0.717) is 0 Å². The monoisotopic (exact) mass is 225 g/mol. The molecule has 0 fully saturated rings. The lowest BCUT2D eigenvalue weighted by atomic mass is 10.1. The molecule has 0 saturated carbocycles. The zero-order valence-corrected chi connectivity index (χ0v) is 11.4. The maximum Gasteiger partial charge on any atom is 0.0131 e. The Labute approximate surface area is 103 Å². The van der Waals surface area contributed by atoms with Gasteiger partial charge in [0.1, 0.15) is 0 Å². The zero-order chi connectivity index (χ0) is 11.9. The normalized spacial score (nSPS) is 11.4. The Balaban J connectivity index is 2.93. The van der Waals surface area contributed by atoms with E-state index in [9.17, 15) is 0 Å². The van der Waals surface area contributed by atoms with Gasteiger partial charge in [-0.05, 0) is 19.9 Å². The highest BCUT2D eigenvalue weighted by molar-refractivity contribution is 4.82. The molecular formula is C15H31N. The van der Waals surface area contributed by atoms with E-state index in [2.05, 4.69) is 24.4 Å². The molecule has 0 aliphatic heterocycles. The van der Waals surface area contributed by atoms with Gasteiger partial charge in [-0.3, -0.25) is 0 Å². The highest BCUT2D eigenvalue weighted by atomic mass is 14.8. The van der Waals surface area contributed by atoms with E-state index in [1.165, 1.54) is 64.2 Å². The molecule has 0 aromatic heterocycles. The van der Waals surface area contributed by atoms with Gasteiger partial charge in [0.25, 0.3) is 0 Å². The molecule has 96 valence electrons. The summed E-state index contributed by atoms with van der Waals surface area (Å²) in [6.45, 7) is 3.29. The van der Waals surface area contributed by atoms with Crippen molar-refractivity contribution in [1.82, 2.24) is 5.32 Å². The molecule has 0 atom stereocenters. The predicted molar refractivity (Wildman–Crippen MR) is 74.9 cm³/mol. The number of hydrogen-bond donors (Lipinski definition) is 1. The van der Waals surface area contributed by atoms with E-state index in [1.54, 1.807) is 0 Å². The van der Waals surface area contributed by atoms with Crippen LogP contribution in [0.3, 0.4) is 0 Å². The summed E-state index contributed by atoms with van der Waals surface area (Å²) in [4.78, 5) is 0. The Bertz CT molecular complexity index is 140. The lowest BCUT2D eigenvalue weighted by Crippen LogP contribution is -2.03. The van der Waals surface area contributed by atoms with Crippen LogP contribution in [0.4, 0.5) is 0 Å². The summed E-state index contributed by atoms with van der Waals surface area (Å²) in [5, 5.41) is 3.12. The van der Waals surface area contributed by atoms with Crippen molar-refractivity contribution in [2.75, 3.05) is 13.6 Å². The molecule has 1 nitrogen and oxygen atoms in total. The second-order valence-corrected chi connectivity index (χ2v) is 4.65. The van der Waals surface area contributed by atoms with Gasteiger partial charge < -0.3 is 5.32 Å². The Morgan fingerprint density at radius 2 is 1.31 bits per heavy atom. The molecule has 0 bridgehead atoms. The fraction of sp³-hybridized carbons (Fsp3) is 0.867. The Kier molecular flexibility index (Phi) is 14.4. The van der Waals surface area contributed by atoms with Crippen LogP contribution >= 0.6 is 0 Å². The summed E-state index contributed by atoms with van der Waals surface area (Å²) >= 11 is 0. The molecule has 0 radical (unpaired) electrons. The van der Waals surface area contributed by atoms with E-state index in [-0.39, 0.29) is 0 Å². The number of unbranched alkanes of at least 4 members (excludes halogenated alkanes) is 9. The van der Waals surface area contributed by atoms with Gasteiger partial charge in [-0.1, -0.05) is 70.4 Å². The third-order valence-corrected chi connectivity index (χ3v) is 2.96. The van der Waals surface area contributed by atoms with Crippen LogP contribution in [0.25, 0.3) is 0 Å². The topological polar surface area (TPSA) is 12.0 Å². The van der Waals surface area contributed by atoms with Gasteiger partial charge in [0.2, 0.25) is 0 Å². The third kappa shape index (κ3) is 13.7. The van der Waals surface area contributed by atoms with Gasteiger partial charge in [0.15, 0.2) is 0 Å². The first kappa shape index (κ1) is 15.7. The van der Waals surface area contributed by atoms with E-state index in [4.69, 9.17) is 0 Å². The van der Waals surface area contributed by atoms with Crippen LogP contribution in [-0.4, -0.2) is 13.6 Å². The minimum atomic E-state index is 1.01. The van der Waals surface area contributed by atoms with Gasteiger partial charge in [-0.15, -0.1) is 0 Å². The molecule has 1 heteroatoms. The summed E-state index contributed by atoms with van der Waals surface area (Å²) in [6, 6.07) is 0. The molecule has 0 aliphatic carbocycles. The minimum Gasteiger partial charge on any atom is -0.316 e. The van der Waals surface area contributed by atoms with Crippen molar-refractivity contribution in [3.05, 3.63) is 12.2 Å². The lowest BCUT2D eigenvalue weighted by molar-refractivity contribution is 0.566. The van der Waals surface area contributed by atoms with Gasteiger partial charge in [-0.2, -0.15) is 0 Å². The molecule has 0 rings (SSSR count). The number of nitrogens with one attached hydrogen (secondary N) is 1. The first-order valence-electron chi connectivity index (χ1n) is 7.21. The standard InChI is InChI=1S/C15H31N/c1-3-4-5-6-7-8-9-10-11-12-13-14-15-16-2/h13-14,16H,3-12,15H2,1-2H3/b14-13+. The minimum absolute atomic E-state index is 1.01. The van der Waals surface area contributed by atoms with Crippen LogP contribution in [0, 0.1) is 0 Å². The molecule has 0 amide bonds. The molecule has 0 unspecified atom stereocenters. The molecule has 0 saturated heterocycles. The highest BCUT2D eigenvalue weighted by Crippen LogP contribution is 2.10. The van der Waals surface area contributed by atoms with Crippen LogP contribution in [-0.2, 0) is 0 Å². The molecule has 0 aliphatic rings. The quantitative estimate of drug-likeness (QED) is 0.375. The zero-order valence-electron chi connectivity index (χ0n) is 11.4. The Hall–Kier alpha value is -0.300. The number of rotatable bonds is 12. The van der Waals surface area contributed by atoms with Crippen molar-refractivity contribution in [1.29, 1.82) is 0 Å². The van der Waals surface area contributed by atoms with Crippen molar-refractivity contribution in [3.8, 4) is 0 Å². The summed E-state index contributed by atoms with van der Waals surface area (Å²) < 4.78 is 0. The van der Waals surface area contributed by atoms with Crippen molar-refractivity contribution in [2.24, 2.45) is 0 Å². The third-order valence-electron chi connectivity index (χ3n) is 2.96. The average Bonchev–Trinajstić information content (AvgIpc) is 2.31. The maximum atomic E-state index is 3.12. The fourth-order valence-electron chi connectivity index (χ4n) is 1.89. The van der Waals surface area contributed by atoms with Crippen molar-refractivity contribution < 1.29 is 0 Å². The second kappa shape index (κ2) is 14.7. The average molecular weight is 225 g/mol. The molecule has 16 heavy (non-hydrogen) atoms. The van der Waals surface area contributed by atoms with Gasteiger partial charge in [0.05, 0.1) is 0 Å². The van der Waals surface area contributed by atoms with E-state index in [1.807, 2.05) is 7.05 Å². The Morgan fingerprint density at radius 1 is 0.750 bits per heavy atom. The van der Waals surface area contributed by atoms with Gasteiger partial charge >= 0.3 is 0 Å². The van der Waals surface area contributed by atoms with Gasteiger partial charge in [-0.25, -0.2) is 0 Å². The fourth-order valence-corrected chi connectivity index (χ4v) is 1.89. The Morgan fingerprint density at radius 3 is 1.88 bits per heavy atom. The molecule has 0 aromatic carbocycles. The lowest BCUT2D eigenvalue weighted by Gasteiger charge is -2.00. The first-order valence-corrected chi connectivity index (χ1v) is 7.21. The molecule has 0 spiro atoms. The SMILES string of the molecule is CCCCCCCCCCC/C=C/CNC. The highest BCUT2D eigenvalue weighted by Gasteiger charge is 1.90. The van der Waals surface area contributed by atoms with E-state index in [0.717, 1.165) is 6.54 Å². The number of hydrogen-bond acceptors (Lipinski definition) is 1. The first-order chi connectivity index (χ1) is 7.91. The summed E-state index contributed by atoms with van der Waals surface area (Å²) in [7, 11) is 1.99. The molecule has 1 N–H and O–H groups in total. The van der Waals surface area contributed by atoms with Crippen molar-refractivity contribution >= 4 is 0 Å². The predicted octanol–water partition coefficient (Wildman–Crippen LogP) is 4.68. The molecule has 0 aromatic rings. The number of allylic oxidation sites excluding steroid dienone is 1. The van der Waals surface area contributed by atoms with E-state index >= 15 is 0 Å². The smallest absolute Gasteiger partial charge is 0.0131 e. The second-order valence-electron chi connectivity index (χ2n) is 4.65. The van der Waals surface area contributed by atoms with Crippen LogP contribution < -0.4 is 5.32 Å². The van der Waals surface area contributed by atoms with Crippen LogP contribution in [0.15, 0.2) is 12.2 Å². The largest absolute Gasteiger partial charge is 0.316 e. The van der Waals surface area contributed by atoms with Crippen LogP contribution in [0.5, 0.6) is 0 Å². The van der Waals surface area contributed by atoms with Crippen LogP contribution in [0.2, 0.25) is 0 Å². The molecule has 0 heterocycles. The van der Waals surface area contributed by atoms with E-state index < -0.39 is 0 Å². The maximum absolute atomic E-state index is 3.12. The van der Waals surface area contributed by atoms with Gasteiger partial charge in [0, 0.05) is 6.54 Å². The molecular weight excluding hydrogens is 194 g/mol. The number of likely N-dealkylation sites (N-methyl/N-ethyl adjacent to an activating group) is 1. The summed E-state index contributed by atoms with van der Waals surface area (Å²) in [5.74, 6) is 0. The van der Waals surface area contributed by atoms with Crippen LogP contribution in [0.1, 0.15) is 71.1 Å².